The van der Waals surface area contributed by atoms with E-state index in [4.69, 9.17) is 4.74 Å². The van der Waals surface area contributed by atoms with Crippen molar-refractivity contribution in [3.05, 3.63) is 30.3 Å². The Labute approximate surface area is 104 Å². The fourth-order valence-electron chi connectivity index (χ4n) is 2.03. The van der Waals surface area contributed by atoms with E-state index in [-0.39, 0.29) is 12.4 Å². The molecule has 16 heavy (non-hydrogen) atoms. The molecule has 0 spiro atoms. The number of para-hydroxylation sites is 1. The lowest BCUT2D eigenvalue weighted by molar-refractivity contribution is 0.252. The minimum absolute atomic E-state index is 0. The Bertz CT molecular complexity index is 273. The molecule has 2 nitrogen and oxygen atoms in total. The first kappa shape index (κ1) is 13.3. The van der Waals surface area contributed by atoms with E-state index in [2.05, 4.69) is 5.32 Å². The molecule has 1 aromatic rings. The van der Waals surface area contributed by atoms with Gasteiger partial charge in [0.1, 0.15) is 5.75 Å². The summed E-state index contributed by atoms with van der Waals surface area (Å²) in [4.78, 5) is 0. The van der Waals surface area contributed by atoms with Gasteiger partial charge in [0, 0.05) is 0 Å². The van der Waals surface area contributed by atoms with E-state index < -0.39 is 0 Å². The molecule has 1 aromatic carbocycles. The zero-order valence-electron chi connectivity index (χ0n) is 9.52. The molecule has 1 heterocycles. The van der Waals surface area contributed by atoms with Crippen LogP contribution in [0.15, 0.2) is 30.3 Å². The summed E-state index contributed by atoms with van der Waals surface area (Å²) in [7, 11) is 0. The molecule has 1 saturated heterocycles. The topological polar surface area (TPSA) is 21.3 Å². The highest BCUT2D eigenvalue weighted by Gasteiger charge is 2.12. The Balaban J connectivity index is 0.00000128. The van der Waals surface area contributed by atoms with Crippen molar-refractivity contribution in [3.63, 3.8) is 0 Å². The molecule has 1 aliphatic rings. The van der Waals surface area contributed by atoms with Crippen LogP contribution in [0.5, 0.6) is 5.75 Å². The lowest BCUT2D eigenvalue weighted by atomic mass is 9.95. The molecular weight excluding hydrogens is 222 g/mol. The molecule has 2 rings (SSSR count). The second kappa shape index (κ2) is 7.53. The Morgan fingerprint density at radius 3 is 2.50 bits per heavy atom. The van der Waals surface area contributed by atoms with Crippen molar-refractivity contribution in [2.24, 2.45) is 5.92 Å². The summed E-state index contributed by atoms with van der Waals surface area (Å²) >= 11 is 0. The van der Waals surface area contributed by atoms with Crippen LogP contribution in [0.3, 0.4) is 0 Å². The van der Waals surface area contributed by atoms with Crippen LogP contribution in [-0.4, -0.2) is 19.7 Å². The molecule has 3 heteroatoms. The summed E-state index contributed by atoms with van der Waals surface area (Å²) in [6.45, 7) is 3.21. The minimum atomic E-state index is 0. The highest BCUT2D eigenvalue weighted by atomic mass is 35.5. The molecule has 0 radical (unpaired) electrons. The maximum absolute atomic E-state index is 5.69. The van der Waals surface area contributed by atoms with Crippen LogP contribution < -0.4 is 10.1 Å². The van der Waals surface area contributed by atoms with Gasteiger partial charge in [0.2, 0.25) is 0 Å². The molecule has 0 bridgehead atoms. The van der Waals surface area contributed by atoms with Crippen LogP contribution in [0, 0.1) is 5.92 Å². The second-order valence-corrected chi connectivity index (χ2v) is 4.14. The van der Waals surface area contributed by atoms with Crippen molar-refractivity contribution in [1.29, 1.82) is 0 Å². The lowest BCUT2D eigenvalue weighted by Crippen LogP contribution is -2.28. The lowest BCUT2D eigenvalue weighted by Gasteiger charge is -2.22. The third kappa shape index (κ3) is 4.42. The summed E-state index contributed by atoms with van der Waals surface area (Å²) in [6.07, 6.45) is 3.80. The predicted molar refractivity (Wildman–Crippen MR) is 69.4 cm³/mol. The number of benzene rings is 1. The Morgan fingerprint density at radius 2 is 1.81 bits per heavy atom. The highest BCUT2D eigenvalue weighted by Crippen LogP contribution is 2.17. The molecule has 1 N–H and O–H groups in total. The maximum Gasteiger partial charge on any atom is 0.119 e. The van der Waals surface area contributed by atoms with Gasteiger partial charge in [0.15, 0.2) is 0 Å². The van der Waals surface area contributed by atoms with E-state index in [0.717, 1.165) is 18.3 Å². The SMILES string of the molecule is Cl.c1ccc(OCCC2CCNCC2)cc1. The summed E-state index contributed by atoms with van der Waals surface area (Å²) < 4.78 is 5.69. The summed E-state index contributed by atoms with van der Waals surface area (Å²) in [6, 6.07) is 10.1. The first-order valence-corrected chi connectivity index (χ1v) is 5.84. The number of nitrogens with one attached hydrogen (secondary N) is 1. The second-order valence-electron chi connectivity index (χ2n) is 4.14. The maximum atomic E-state index is 5.69. The van der Waals surface area contributed by atoms with E-state index in [1.807, 2.05) is 30.3 Å². The van der Waals surface area contributed by atoms with Gasteiger partial charge in [-0.25, -0.2) is 0 Å². The van der Waals surface area contributed by atoms with Gasteiger partial charge in [0.05, 0.1) is 6.61 Å². The third-order valence-electron chi connectivity index (χ3n) is 3.00. The van der Waals surface area contributed by atoms with Gasteiger partial charge < -0.3 is 10.1 Å². The molecule has 1 aliphatic heterocycles. The van der Waals surface area contributed by atoms with Crippen molar-refractivity contribution < 1.29 is 4.74 Å². The van der Waals surface area contributed by atoms with Gasteiger partial charge in [-0.15, -0.1) is 12.4 Å². The van der Waals surface area contributed by atoms with E-state index in [0.29, 0.717) is 0 Å². The van der Waals surface area contributed by atoms with Crippen LogP contribution in [0.4, 0.5) is 0 Å². The smallest absolute Gasteiger partial charge is 0.119 e. The number of piperidine rings is 1. The van der Waals surface area contributed by atoms with Crippen molar-refractivity contribution in [3.8, 4) is 5.75 Å². The predicted octanol–water partition coefficient (Wildman–Crippen LogP) is 2.88. The summed E-state index contributed by atoms with van der Waals surface area (Å²) in [5.74, 6) is 1.85. The Morgan fingerprint density at radius 1 is 1.12 bits per heavy atom. The quantitative estimate of drug-likeness (QED) is 0.875. The molecule has 1 fully saturated rings. The highest BCUT2D eigenvalue weighted by molar-refractivity contribution is 5.85. The van der Waals surface area contributed by atoms with Crippen molar-refractivity contribution in [2.75, 3.05) is 19.7 Å². The van der Waals surface area contributed by atoms with Gasteiger partial charge >= 0.3 is 0 Å². The van der Waals surface area contributed by atoms with Crippen molar-refractivity contribution >= 4 is 12.4 Å². The zero-order chi connectivity index (χ0) is 10.3. The Hall–Kier alpha value is -0.730. The average Bonchev–Trinajstić information content (AvgIpc) is 2.32. The number of hydrogen-bond donors (Lipinski definition) is 1. The molecule has 0 aliphatic carbocycles. The third-order valence-corrected chi connectivity index (χ3v) is 3.00. The van der Waals surface area contributed by atoms with Crippen LogP contribution in [0.1, 0.15) is 19.3 Å². The van der Waals surface area contributed by atoms with Crippen LogP contribution in [0.25, 0.3) is 0 Å². The first-order valence-electron chi connectivity index (χ1n) is 5.84. The van der Waals surface area contributed by atoms with Gasteiger partial charge in [-0.2, -0.15) is 0 Å². The molecule has 0 aromatic heterocycles. The van der Waals surface area contributed by atoms with Crippen molar-refractivity contribution in [1.82, 2.24) is 5.32 Å². The van der Waals surface area contributed by atoms with Gasteiger partial charge in [-0.1, -0.05) is 18.2 Å². The fourth-order valence-corrected chi connectivity index (χ4v) is 2.03. The van der Waals surface area contributed by atoms with Gasteiger partial charge in [-0.3, -0.25) is 0 Å². The Kier molecular flexibility index (Phi) is 6.27. The number of ether oxygens (including phenoxy) is 1. The summed E-state index contributed by atoms with van der Waals surface area (Å²) in [5.41, 5.74) is 0. The van der Waals surface area contributed by atoms with E-state index in [1.165, 1.54) is 32.4 Å². The van der Waals surface area contributed by atoms with E-state index in [1.54, 1.807) is 0 Å². The largest absolute Gasteiger partial charge is 0.494 e. The summed E-state index contributed by atoms with van der Waals surface area (Å²) in [5, 5.41) is 3.38. The van der Waals surface area contributed by atoms with Crippen molar-refractivity contribution in [2.45, 2.75) is 19.3 Å². The van der Waals surface area contributed by atoms with Crippen LogP contribution >= 0.6 is 12.4 Å². The number of hydrogen-bond acceptors (Lipinski definition) is 2. The number of rotatable bonds is 4. The molecule has 0 saturated carbocycles. The van der Waals surface area contributed by atoms with Crippen LogP contribution in [-0.2, 0) is 0 Å². The molecule has 0 amide bonds. The minimum Gasteiger partial charge on any atom is -0.494 e. The van der Waals surface area contributed by atoms with E-state index >= 15 is 0 Å². The van der Waals surface area contributed by atoms with Gasteiger partial charge in [0.25, 0.3) is 0 Å². The standard InChI is InChI=1S/C13H19NO.ClH/c1-2-4-13(5-3-1)15-11-8-12-6-9-14-10-7-12;/h1-5,12,14H,6-11H2;1H. The molecule has 0 unspecified atom stereocenters. The van der Waals surface area contributed by atoms with Crippen LogP contribution in [0.2, 0.25) is 0 Å². The van der Waals surface area contributed by atoms with E-state index in [9.17, 15) is 0 Å². The molecular formula is C13H20ClNO. The molecule has 0 atom stereocenters. The fraction of sp³-hybridized carbons (Fsp3) is 0.538. The first-order chi connectivity index (χ1) is 7.45. The average molecular weight is 242 g/mol. The van der Waals surface area contributed by atoms with Gasteiger partial charge in [-0.05, 0) is 50.4 Å². The normalized spacial score (nSPS) is 16.5. The zero-order valence-corrected chi connectivity index (χ0v) is 10.3. The number of halogens is 1. The monoisotopic (exact) mass is 241 g/mol. The molecule has 90 valence electrons.